The summed E-state index contributed by atoms with van der Waals surface area (Å²) in [4.78, 5) is 32.1. The van der Waals surface area contributed by atoms with E-state index in [9.17, 15) is 9.59 Å². The monoisotopic (exact) mass is 303 g/mol. The van der Waals surface area contributed by atoms with Gasteiger partial charge in [0.2, 0.25) is 5.91 Å². The molecule has 1 aromatic rings. The van der Waals surface area contributed by atoms with Gasteiger partial charge in [0.1, 0.15) is 5.82 Å². The predicted molar refractivity (Wildman–Crippen MR) is 82.5 cm³/mol. The molecule has 1 atom stereocenters. The van der Waals surface area contributed by atoms with Gasteiger partial charge < -0.3 is 20.9 Å². The molecule has 3 heterocycles. The number of pyridine rings is 1. The Morgan fingerprint density at radius 1 is 1.27 bits per heavy atom. The van der Waals surface area contributed by atoms with Crippen LogP contribution < -0.4 is 16.0 Å². The fourth-order valence-electron chi connectivity index (χ4n) is 3.10. The zero-order chi connectivity index (χ0) is 15.5. The Labute approximate surface area is 129 Å². The van der Waals surface area contributed by atoms with Crippen molar-refractivity contribution in [1.29, 1.82) is 0 Å². The number of rotatable bonds is 3. The Kier molecular flexibility index (Phi) is 4.24. The van der Waals surface area contributed by atoms with Crippen LogP contribution in [0.3, 0.4) is 0 Å². The van der Waals surface area contributed by atoms with Crippen LogP contribution in [0.15, 0.2) is 18.3 Å². The molecule has 2 fully saturated rings. The second-order valence-electron chi connectivity index (χ2n) is 5.74. The molecule has 0 bridgehead atoms. The lowest BCUT2D eigenvalue weighted by Gasteiger charge is -2.37. The predicted octanol–water partition coefficient (Wildman–Crippen LogP) is -0.561. The van der Waals surface area contributed by atoms with Gasteiger partial charge in [0.25, 0.3) is 5.91 Å². The molecule has 2 amide bonds. The van der Waals surface area contributed by atoms with Crippen LogP contribution in [0.25, 0.3) is 0 Å². The minimum absolute atomic E-state index is 0.114. The Hall–Kier alpha value is -2.15. The van der Waals surface area contributed by atoms with E-state index in [-0.39, 0.29) is 11.8 Å². The number of amides is 2. The lowest BCUT2D eigenvalue weighted by molar-refractivity contribution is -0.135. The number of carbonyl (C=O) groups excluding carboxylic acids is 2. The first-order valence-electron chi connectivity index (χ1n) is 7.66. The van der Waals surface area contributed by atoms with Gasteiger partial charge in [0, 0.05) is 38.9 Å². The largest absolute Gasteiger partial charge is 0.365 e. The molecule has 0 radical (unpaired) electrons. The van der Waals surface area contributed by atoms with Crippen LogP contribution in [0.1, 0.15) is 16.8 Å². The molecule has 7 heteroatoms. The Balaban J connectivity index is 1.64. The molecule has 1 aromatic heterocycles. The second-order valence-corrected chi connectivity index (χ2v) is 5.74. The van der Waals surface area contributed by atoms with E-state index in [4.69, 9.17) is 5.73 Å². The standard InChI is InChI=1S/C15H21N5O2/c16-13(21)12-2-1-4-18-14(12)19-6-8-20(9-7-19)15(22)11-3-5-17-10-11/h1-2,4,11,17H,3,5-10H2,(H2,16,21)/t11-/m1/s1. The molecular formula is C15H21N5O2. The van der Waals surface area contributed by atoms with E-state index in [1.54, 1.807) is 18.3 Å². The zero-order valence-electron chi connectivity index (χ0n) is 12.5. The number of primary amides is 1. The SMILES string of the molecule is NC(=O)c1cccnc1N1CCN(C(=O)[C@@H]2CCNC2)CC1. The number of anilines is 1. The second kappa shape index (κ2) is 6.31. The van der Waals surface area contributed by atoms with E-state index in [2.05, 4.69) is 10.3 Å². The Bertz CT molecular complexity index is 563. The van der Waals surface area contributed by atoms with Crippen LogP contribution in [0.5, 0.6) is 0 Å². The highest BCUT2D eigenvalue weighted by molar-refractivity contribution is 5.97. The summed E-state index contributed by atoms with van der Waals surface area (Å²) in [7, 11) is 0. The molecule has 22 heavy (non-hydrogen) atoms. The van der Waals surface area contributed by atoms with Crippen molar-refractivity contribution in [3.63, 3.8) is 0 Å². The van der Waals surface area contributed by atoms with Crippen molar-refractivity contribution in [2.75, 3.05) is 44.2 Å². The van der Waals surface area contributed by atoms with Crippen molar-refractivity contribution in [3.05, 3.63) is 23.9 Å². The molecule has 2 aliphatic rings. The summed E-state index contributed by atoms with van der Waals surface area (Å²) in [5.41, 5.74) is 5.84. The van der Waals surface area contributed by atoms with Crippen molar-refractivity contribution in [2.45, 2.75) is 6.42 Å². The van der Waals surface area contributed by atoms with Crippen LogP contribution in [0.4, 0.5) is 5.82 Å². The molecule has 2 saturated heterocycles. The number of nitrogens with zero attached hydrogens (tertiary/aromatic N) is 3. The van der Waals surface area contributed by atoms with Gasteiger partial charge in [-0.2, -0.15) is 0 Å². The molecule has 0 aliphatic carbocycles. The maximum absolute atomic E-state index is 12.4. The topological polar surface area (TPSA) is 91.6 Å². The lowest BCUT2D eigenvalue weighted by Crippen LogP contribution is -2.51. The first kappa shape index (κ1) is 14.8. The number of nitrogens with two attached hydrogens (primary N) is 1. The quantitative estimate of drug-likeness (QED) is 0.781. The van der Waals surface area contributed by atoms with Gasteiger partial charge in [-0.3, -0.25) is 9.59 Å². The van der Waals surface area contributed by atoms with Crippen LogP contribution in [0, 0.1) is 5.92 Å². The number of piperazine rings is 1. The normalized spacial score (nSPS) is 21.9. The molecule has 118 valence electrons. The first-order valence-corrected chi connectivity index (χ1v) is 7.66. The van der Waals surface area contributed by atoms with Gasteiger partial charge in [-0.1, -0.05) is 0 Å². The highest BCUT2D eigenvalue weighted by Gasteiger charge is 2.30. The molecule has 0 aromatic carbocycles. The summed E-state index contributed by atoms with van der Waals surface area (Å²) in [5, 5.41) is 3.23. The highest BCUT2D eigenvalue weighted by atomic mass is 16.2. The minimum atomic E-state index is -0.473. The Morgan fingerprint density at radius 3 is 2.68 bits per heavy atom. The van der Waals surface area contributed by atoms with E-state index in [1.165, 1.54) is 0 Å². The third kappa shape index (κ3) is 2.89. The lowest BCUT2D eigenvalue weighted by atomic mass is 10.1. The smallest absolute Gasteiger partial charge is 0.252 e. The van der Waals surface area contributed by atoms with Gasteiger partial charge in [-0.25, -0.2) is 4.98 Å². The van der Waals surface area contributed by atoms with Crippen LogP contribution >= 0.6 is 0 Å². The maximum Gasteiger partial charge on any atom is 0.252 e. The number of hydrogen-bond acceptors (Lipinski definition) is 5. The molecule has 7 nitrogen and oxygen atoms in total. The number of hydrogen-bond donors (Lipinski definition) is 2. The van der Waals surface area contributed by atoms with Crippen molar-refractivity contribution in [3.8, 4) is 0 Å². The summed E-state index contributed by atoms with van der Waals surface area (Å²) >= 11 is 0. The third-order valence-electron chi connectivity index (χ3n) is 4.35. The van der Waals surface area contributed by atoms with Crippen molar-refractivity contribution in [2.24, 2.45) is 11.7 Å². The Morgan fingerprint density at radius 2 is 2.05 bits per heavy atom. The fourth-order valence-corrected chi connectivity index (χ4v) is 3.10. The molecule has 3 N–H and O–H groups in total. The van der Waals surface area contributed by atoms with Gasteiger partial charge in [-0.15, -0.1) is 0 Å². The molecule has 0 spiro atoms. The third-order valence-corrected chi connectivity index (χ3v) is 4.35. The minimum Gasteiger partial charge on any atom is -0.365 e. The molecule has 2 aliphatic heterocycles. The van der Waals surface area contributed by atoms with Gasteiger partial charge >= 0.3 is 0 Å². The van der Waals surface area contributed by atoms with Crippen LogP contribution in [-0.2, 0) is 4.79 Å². The van der Waals surface area contributed by atoms with Crippen molar-refractivity contribution < 1.29 is 9.59 Å². The van der Waals surface area contributed by atoms with Gasteiger partial charge in [0.15, 0.2) is 0 Å². The van der Waals surface area contributed by atoms with E-state index < -0.39 is 5.91 Å². The van der Waals surface area contributed by atoms with Gasteiger partial charge in [-0.05, 0) is 25.1 Å². The average Bonchev–Trinajstić information content (AvgIpc) is 3.09. The maximum atomic E-state index is 12.4. The van der Waals surface area contributed by atoms with E-state index in [1.807, 2.05) is 9.80 Å². The first-order chi connectivity index (χ1) is 10.7. The number of carbonyl (C=O) groups is 2. The summed E-state index contributed by atoms with van der Waals surface area (Å²) in [5.74, 6) is 0.492. The molecule has 0 unspecified atom stereocenters. The number of aromatic nitrogens is 1. The molecular weight excluding hydrogens is 282 g/mol. The summed E-state index contributed by atoms with van der Waals surface area (Å²) in [6.07, 6.45) is 2.58. The number of nitrogens with one attached hydrogen (secondary N) is 1. The summed E-state index contributed by atoms with van der Waals surface area (Å²) < 4.78 is 0. The van der Waals surface area contributed by atoms with Crippen molar-refractivity contribution in [1.82, 2.24) is 15.2 Å². The zero-order valence-corrected chi connectivity index (χ0v) is 12.5. The molecule has 0 saturated carbocycles. The summed E-state index contributed by atoms with van der Waals surface area (Å²) in [6.45, 7) is 4.36. The van der Waals surface area contributed by atoms with E-state index in [0.29, 0.717) is 37.6 Å². The highest BCUT2D eigenvalue weighted by Crippen LogP contribution is 2.20. The average molecular weight is 303 g/mol. The molecule has 3 rings (SSSR count). The van der Waals surface area contributed by atoms with Crippen LogP contribution in [-0.4, -0.2) is 61.0 Å². The fraction of sp³-hybridized carbons (Fsp3) is 0.533. The van der Waals surface area contributed by atoms with Crippen molar-refractivity contribution >= 4 is 17.6 Å². The van der Waals surface area contributed by atoms with E-state index in [0.717, 1.165) is 19.5 Å². The van der Waals surface area contributed by atoms with Gasteiger partial charge in [0.05, 0.1) is 11.5 Å². The van der Waals surface area contributed by atoms with E-state index >= 15 is 0 Å². The summed E-state index contributed by atoms with van der Waals surface area (Å²) in [6, 6.07) is 3.39. The van der Waals surface area contributed by atoms with Crippen LogP contribution in [0.2, 0.25) is 0 Å².